The van der Waals surface area contributed by atoms with Crippen molar-refractivity contribution in [3.63, 3.8) is 0 Å². The average molecular weight is 220 g/mol. The second-order valence-corrected chi connectivity index (χ2v) is 4.25. The summed E-state index contributed by atoms with van der Waals surface area (Å²) in [6.45, 7) is 4.23. The lowest BCUT2D eigenvalue weighted by molar-refractivity contribution is -0.189. The Balaban J connectivity index is 3.66. The van der Waals surface area contributed by atoms with Gasteiger partial charge >= 0.3 is 8.25 Å². The monoisotopic (exact) mass is 220 g/mol. The summed E-state index contributed by atoms with van der Waals surface area (Å²) in [7, 11) is -2.68. The lowest BCUT2D eigenvalue weighted by Crippen LogP contribution is -2.11. The second kappa shape index (κ2) is 9.57. The molecule has 0 aromatic carbocycles. The predicted octanol–water partition coefficient (Wildman–Crippen LogP) is 3.16. The van der Waals surface area contributed by atoms with E-state index in [1.165, 1.54) is 0 Å². The zero-order valence-corrected chi connectivity index (χ0v) is 10.1. The van der Waals surface area contributed by atoms with E-state index in [4.69, 9.17) is 4.52 Å². The molecule has 0 heterocycles. The summed E-state index contributed by atoms with van der Waals surface area (Å²) >= 11 is 0. The SMILES string of the molecule is CCCCCC(CCCC)O[P+](=O)[O-]. The van der Waals surface area contributed by atoms with E-state index >= 15 is 0 Å². The minimum absolute atomic E-state index is 0.0809. The summed E-state index contributed by atoms with van der Waals surface area (Å²) < 4.78 is 15.3. The van der Waals surface area contributed by atoms with Gasteiger partial charge in [-0.05, 0) is 17.4 Å². The molecule has 0 N–H and O–H groups in total. The third-order valence-corrected chi connectivity index (χ3v) is 2.71. The lowest BCUT2D eigenvalue weighted by Gasteiger charge is -2.10. The highest BCUT2D eigenvalue weighted by atomic mass is 31.1. The van der Waals surface area contributed by atoms with Gasteiger partial charge in [0.2, 0.25) is 0 Å². The molecule has 0 saturated carbocycles. The first-order valence-corrected chi connectivity index (χ1v) is 6.61. The molecule has 0 fully saturated rings. The lowest BCUT2D eigenvalue weighted by atomic mass is 10.1. The van der Waals surface area contributed by atoms with E-state index in [0.717, 1.165) is 44.9 Å². The van der Waals surface area contributed by atoms with Gasteiger partial charge in [0.15, 0.2) is 0 Å². The van der Waals surface area contributed by atoms with Gasteiger partial charge in [0, 0.05) is 0 Å². The van der Waals surface area contributed by atoms with Gasteiger partial charge in [-0.3, -0.25) is 0 Å². The Hall–Kier alpha value is 0.0200. The smallest absolute Gasteiger partial charge is 0.488 e. The molecule has 4 heteroatoms. The van der Waals surface area contributed by atoms with E-state index in [1.807, 2.05) is 0 Å². The maximum atomic E-state index is 10.4. The highest BCUT2D eigenvalue weighted by molar-refractivity contribution is 7.30. The van der Waals surface area contributed by atoms with Crippen LogP contribution in [0.5, 0.6) is 0 Å². The van der Waals surface area contributed by atoms with Gasteiger partial charge in [-0.1, -0.05) is 46.0 Å². The molecular weight excluding hydrogens is 199 g/mol. The molecule has 0 spiro atoms. The van der Waals surface area contributed by atoms with Gasteiger partial charge in [0.25, 0.3) is 0 Å². The molecule has 0 bridgehead atoms. The molecule has 0 radical (unpaired) electrons. The quantitative estimate of drug-likeness (QED) is 0.443. The van der Waals surface area contributed by atoms with E-state index in [-0.39, 0.29) is 6.10 Å². The fraction of sp³-hybridized carbons (Fsp3) is 1.00. The first kappa shape index (κ1) is 14.0. The Labute approximate surface area is 87.8 Å². The topological polar surface area (TPSA) is 49.4 Å². The van der Waals surface area contributed by atoms with Crippen molar-refractivity contribution in [3.8, 4) is 0 Å². The van der Waals surface area contributed by atoms with E-state index in [1.54, 1.807) is 0 Å². The fourth-order valence-corrected chi connectivity index (χ4v) is 1.88. The van der Waals surface area contributed by atoms with E-state index < -0.39 is 8.25 Å². The van der Waals surface area contributed by atoms with Crippen molar-refractivity contribution in [3.05, 3.63) is 0 Å². The van der Waals surface area contributed by atoms with Gasteiger partial charge in [-0.2, -0.15) is 0 Å². The molecule has 3 nitrogen and oxygen atoms in total. The number of unbranched alkanes of at least 4 members (excludes halogenated alkanes) is 3. The summed E-state index contributed by atoms with van der Waals surface area (Å²) in [6, 6.07) is 0. The zero-order valence-electron chi connectivity index (χ0n) is 9.20. The minimum Gasteiger partial charge on any atom is -0.566 e. The molecule has 0 amide bonds. The summed E-state index contributed by atoms with van der Waals surface area (Å²) in [5, 5.41) is 0. The largest absolute Gasteiger partial charge is 0.566 e. The van der Waals surface area contributed by atoms with Crippen LogP contribution in [0.15, 0.2) is 0 Å². The second-order valence-electron chi connectivity index (χ2n) is 3.59. The van der Waals surface area contributed by atoms with Gasteiger partial charge in [0.05, 0.1) is 0 Å². The molecule has 14 heavy (non-hydrogen) atoms. The Bertz CT molecular complexity index is 150. The summed E-state index contributed by atoms with van der Waals surface area (Å²) in [6.07, 6.45) is 7.16. The van der Waals surface area contributed by atoms with Crippen molar-refractivity contribution in [1.29, 1.82) is 0 Å². The Morgan fingerprint density at radius 3 is 2.21 bits per heavy atom. The Kier molecular flexibility index (Phi) is 9.58. The van der Waals surface area contributed by atoms with Crippen molar-refractivity contribution in [2.75, 3.05) is 0 Å². The van der Waals surface area contributed by atoms with Gasteiger partial charge in [0.1, 0.15) is 6.10 Å². The summed E-state index contributed by atoms with van der Waals surface area (Å²) in [5.74, 6) is 0. The number of hydrogen-bond donors (Lipinski definition) is 0. The van der Waals surface area contributed by atoms with E-state index in [2.05, 4.69) is 13.8 Å². The molecule has 2 atom stereocenters. The number of hydrogen-bond acceptors (Lipinski definition) is 3. The van der Waals surface area contributed by atoms with Crippen LogP contribution in [0.1, 0.15) is 58.8 Å². The maximum Gasteiger partial charge on any atom is 0.488 e. The van der Waals surface area contributed by atoms with E-state index in [9.17, 15) is 9.46 Å². The molecule has 2 unspecified atom stereocenters. The van der Waals surface area contributed by atoms with E-state index in [0.29, 0.717) is 0 Å². The van der Waals surface area contributed by atoms with Gasteiger partial charge in [-0.25, -0.2) is 0 Å². The normalized spacial score (nSPS) is 14.1. The maximum absolute atomic E-state index is 10.4. The third kappa shape index (κ3) is 8.61. The first-order chi connectivity index (χ1) is 6.70. The van der Waals surface area contributed by atoms with Crippen molar-refractivity contribution in [2.24, 2.45) is 0 Å². The molecule has 0 aromatic rings. The fourth-order valence-electron chi connectivity index (χ4n) is 1.43. The van der Waals surface area contributed by atoms with Crippen molar-refractivity contribution in [2.45, 2.75) is 64.9 Å². The third-order valence-electron chi connectivity index (χ3n) is 2.24. The van der Waals surface area contributed by atoms with Crippen LogP contribution in [0, 0.1) is 0 Å². The molecular formula is C10H21O3P. The minimum atomic E-state index is -2.68. The molecule has 0 rings (SSSR count). The average Bonchev–Trinajstić information content (AvgIpc) is 2.13. The van der Waals surface area contributed by atoms with Crippen LogP contribution in [-0.4, -0.2) is 6.10 Å². The predicted molar refractivity (Wildman–Crippen MR) is 56.1 cm³/mol. The summed E-state index contributed by atoms with van der Waals surface area (Å²) in [4.78, 5) is 10.4. The van der Waals surface area contributed by atoms with Crippen LogP contribution in [0.4, 0.5) is 0 Å². The van der Waals surface area contributed by atoms with Crippen LogP contribution < -0.4 is 4.89 Å². The molecule has 84 valence electrons. The molecule has 0 saturated heterocycles. The Morgan fingerprint density at radius 1 is 1.14 bits per heavy atom. The molecule has 0 aliphatic carbocycles. The highest BCUT2D eigenvalue weighted by Crippen LogP contribution is 2.21. The molecule has 0 aromatic heterocycles. The van der Waals surface area contributed by atoms with Crippen LogP contribution in [-0.2, 0) is 9.09 Å². The number of rotatable bonds is 9. The van der Waals surface area contributed by atoms with Crippen LogP contribution in [0.25, 0.3) is 0 Å². The standard InChI is InChI=1S/C10H21O3P/c1-3-5-7-9-10(8-6-4-2)13-14(11)12/h10H,3-9H2,1-2H3. The molecule has 0 aliphatic rings. The zero-order chi connectivity index (χ0) is 10.8. The van der Waals surface area contributed by atoms with Gasteiger partial charge < -0.3 is 4.89 Å². The van der Waals surface area contributed by atoms with Crippen LogP contribution in [0.3, 0.4) is 0 Å². The first-order valence-electron chi connectivity index (χ1n) is 5.51. The van der Waals surface area contributed by atoms with Crippen molar-refractivity contribution < 1.29 is 14.0 Å². The van der Waals surface area contributed by atoms with Crippen molar-refractivity contribution >= 4 is 8.25 Å². The van der Waals surface area contributed by atoms with Gasteiger partial charge in [-0.15, -0.1) is 4.52 Å². The molecule has 0 aliphatic heterocycles. The van der Waals surface area contributed by atoms with Crippen molar-refractivity contribution in [1.82, 2.24) is 0 Å². The Morgan fingerprint density at radius 2 is 1.71 bits per heavy atom. The van der Waals surface area contributed by atoms with Crippen LogP contribution >= 0.6 is 8.25 Å². The highest BCUT2D eigenvalue weighted by Gasteiger charge is 2.15. The van der Waals surface area contributed by atoms with Crippen LogP contribution in [0.2, 0.25) is 0 Å². The summed E-state index contributed by atoms with van der Waals surface area (Å²) in [5.41, 5.74) is 0.